The second-order valence-electron chi connectivity index (χ2n) is 12.8. The van der Waals surface area contributed by atoms with Crippen molar-refractivity contribution in [3.63, 3.8) is 0 Å². The molecule has 2 N–H and O–H groups in total. The molecule has 2 bridgehead atoms. The monoisotopic (exact) mass is 606 g/mol. The molecule has 0 amide bonds. The molecule has 1 aromatic carbocycles. The number of pyridine rings is 1. The maximum Gasteiger partial charge on any atom is 0.319 e. The molecule has 2 unspecified atom stereocenters. The maximum atomic E-state index is 16.6. The highest BCUT2D eigenvalue weighted by molar-refractivity contribution is 6.32. The first-order chi connectivity index (χ1) is 20.8. The molecule has 3 aromatic rings. The molecule has 1 saturated carbocycles. The van der Waals surface area contributed by atoms with Gasteiger partial charge in [0.1, 0.15) is 35.6 Å². The van der Waals surface area contributed by atoms with Gasteiger partial charge in [0.05, 0.1) is 21.5 Å². The van der Waals surface area contributed by atoms with E-state index in [4.69, 9.17) is 21.3 Å². The highest BCUT2D eigenvalue weighted by Gasteiger charge is 2.49. The van der Waals surface area contributed by atoms with Crippen LogP contribution in [0.5, 0.6) is 11.8 Å². The van der Waals surface area contributed by atoms with Gasteiger partial charge >= 0.3 is 6.01 Å². The zero-order chi connectivity index (χ0) is 29.3. The number of alkyl halides is 1. The van der Waals surface area contributed by atoms with E-state index in [1.807, 2.05) is 0 Å². The van der Waals surface area contributed by atoms with Crippen LogP contribution in [0.25, 0.3) is 22.2 Å². The van der Waals surface area contributed by atoms with Crippen molar-refractivity contribution in [2.45, 2.75) is 68.7 Å². The van der Waals surface area contributed by atoms with Crippen LogP contribution in [0.2, 0.25) is 5.02 Å². The van der Waals surface area contributed by atoms with E-state index in [1.165, 1.54) is 12.1 Å². The normalized spacial score (nSPS) is 28.3. The van der Waals surface area contributed by atoms with Crippen LogP contribution in [0.3, 0.4) is 0 Å². The molecule has 4 atom stereocenters. The average Bonchev–Trinajstić information content (AvgIpc) is 3.53. The number of nitrogens with one attached hydrogen (secondary N) is 1. The van der Waals surface area contributed by atoms with Crippen LogP contribution in [0.15, 0.2) is 18.3 Å². The quantitative estimate of drug-likeness (QED) is 0.399. The molecule has 6 heterocycles. The number of aromatic hydroxyl groups is 1. The van der Waals surface area contributed by atoms with Crippen LogP contribution in [0.1, 0.15) is 50.5 Å². The Morgan fingerprint density at radius 2 is 1.95 bits per heavy atom. The number of nitrogens with zero attached hydrogens (tertiary/aromatic N) is 5. The lowest BCUT2D eigenvalue weighted by molar-refractivity contribution is 0.107. The predicted molar refractivity (Wildman–Crippen MR) is 160 cm³/mol. The highest BCUT2D eigenvalue weighted by Crippen LogP contribution is 2.41. The summed E-state index contributed by atoms with van der Waals surface area (Å²) < 4.78 is 37.3. The van der Waals surface area contributed by atoms with Crippen molar-refractivity contribution in [1.29, 1.82) is 0 Å². The van der Waals surface area contributed by atoms with E-state index in [0.717, 1.165) is 58.2 Å². The number of hydrogen-bond acceptors (Lipinski definition) is 8. The molecule has 4 saturated heterocycles. The first-order valence-corrected chi connectivity index (χ1v) is 15.7. The van der Waals surface area contributed by atoms with E-state index in [0.29, 0.717) is 53.3 Å². The molecule has 5 aliphatic rings. The van der Waals surface area contributed by atoms with Crippen LogP contribution in [0, 0.1) is 23.6 Å². The van der Waals surface area contributed by atoms with Gasteiger partial charge in [-0.2, -0.15) is 9.97 Å². The second kappa shape index (κ2) is 10.4. The minimum absolute atomic E-state index is 0.00185. The van der Waals surface area contributed by atoms with Gasteiger partial charge < -0.3 is 20.1 Å². The summed E-state index contributed by atoms with van der Waals surface area (Å²) in [6.45, 7) is 2.97. The van der Waals surface area contributed by atoms with Crippen LogP contribution in [-0.2, 0) is 0 Å². The first kappa shape index (κ1) is 27.3. The van der Waals surface area contributed by atoms with Crippen molar-refractivity contribution >= 4 is 28.3 Å². The van der Waals surface area contributed by atoms with E-state index < -0.39 is 12.0 Å². The number of phenolic OH excluding ortho intramolecular Hbond substituents is 1. The van der Waals surface area contributed by atoms with Gasteiger partial charge in [-0.15, -0.1) is 0 Å². The number of hydrogen-bond donors (Lipinski definition) is 2. The third-order valence-electron chi connectivity index (χ3n) is 9.70. The lowest BCUT2D eigenvalue weighted by Crippen LogP contribution is -2.51. The van der Waals surface area contributed by atoms with Gasteiger partial charge in [0.25, 0.3) is 0 Å². The van der Waals surface area contributed by atoms with Crippen molar-refractivity contribution < 1.29 is 18.6 Å². The van der Waals surface area contributed by atoms with Crippen molar-refractivity contribution in [2.24, 2.45) is 5.92 Å². The Balaban J connectivity index is 1.23. The smallest absolute Gasteiger partial charge is 0.319 e. The molecule has 224 valence electrons. The summed E-state index contributed by atoms with van der Waals surface area (Å²) in [5.74, 6) is 6.40. The number of benzene rings is 1. The minimum atomic E-state index is -0.884. The van der Waals surface area contributed by atoms with Gasteiger partial charge in [-0.25, -0.2) is 8.78 Å². The summed E-state index contributed by atoms with van der Waals surface area (Å²) in [4.78, 5) is 18.3. The fraction of sp³-hybridized carbons (Fsp3) is 0.531. The SMILES string of the molecule is Oc1cc(Cl)c(C#CC2CC2)c(-c2ncc3c(N4CC5CCC(C4)N5)nc(OC[C@@]45CCCN4C[C@H](F)C5)nc3c2F)c1. The Labute approximate surface area is 253 Å². The van der Waals surface area contributed by atoms with E-state index >= 15 is 4.39 Å². The number of fused-ring (bicyclic) bond motifs is 4. The van der Waals surface area contributed by atoms with Crippen LogP contribution >= 0.6 is 11.6 Å². The van der Waals surface area contributed by atoms with Crippen molar-refractivity contribution in [3.8, 4) is 34.9 Å². The number of ether oxygens (including phenoxy) is 1. The molecule has 5 fully saturated rings. The molecular formula is C32H33ClF2N6O2. The molecule has 8 nitrogen and oxygen atoms in total. The van der Waals surface area contributed by atoms with Crippen LogP contribution in [-0.4, -0.2) is 81.5 Å². The maximum absolute atomic E-state index is 16.6. The molecular weight excluding hydrogens is 574 g/mol. The zero-order valence-electron chi connectivity index (χ0n) is 23.8. The average molecular weight is 607 g/mol. The Morgan fingerprint density at radius 3 is 2.74 bits per heavy atom. The second-order valence-corrected chi connectivity index (χ2v) is 13.2. The summed E-state index contributed by atoms with van der Waals surface area (Å²) in [5.41, 5.74) is 0.413. The number of halogens is 3. The third kappa shape index (κ3) is 4.95. The standard InChI is InChI=1S/C32H33ClF2N6O2/c33-26-11-22(42)10-24(23(26)7-4-18-2-3-18)28-27(35)29-25(13-36-28)30(40-15-20-5-6-21(16-40)37-20)39-31(38-29)43-17-32-8-1-9-41(32)14-19(34)12-32/h10-11,13,18-21,37,42H,1-3,5-6,8-9,12,14-17H2/t19-,20?,21?,32+/m1/s1. The highest BCUT2D eigenvalue weighted by atomic mass is 35.5. The third-order valence-corrected chi connectivity index (χ3v) is 10.00. The van der Waals surface area contributed by atoms with Crippen molar-refractivity contribution in [3.05, 3.63) is 34.7 Å². The molecule has 8 rings (SSSR count). The summed E-state index contributed by atoms with van der Waals surface area (Å²) in [6, 6.07) is 3.57. The summed E-state index contributed by atoms with van der Waals surface area (Å²) in [6.07, 6.45) is 7.18. The van der Waals surface area contributed by atoms with E-state index in [1.54, 1.807) is 6.20 Å². The molecule has 0 radical (unpaired) electrons. The van der Waals surface area contributed by atoms with Gasteiger partial charge in [0.15, 0.2) is 5.82 Å². The lowest BCUT2D eigenvalue weighted by Gasteiger charge is -2.34. The summed E-state index contributed by atoms with van der Waals surface area (Å²) >= 11 is 6.50. The summed E-state index contributed by atoms with van der Waals surface area (Å²) in [7, 11) is 0. The molecule has 11 heteroatoms. The topological polar surface area (TPSA) is 86.6 Å². The van der Waals surface area contributed by atoms with Crippen molar-refractivity contribution in [2.75, 3.05) is 37.7 Å². The molecule has 4 aliphatic heterocycles. The number of piperazine rings is 1. The van der Waals surface area contributed by atoms with Gasteiger partial charge in [-0.1, -0.05) is 23.4 Å². The fourth-order valence-corrected chi connectivity index (χ4v) is 7.70. The Hall–Kier alpha value is -3.26. The van der Waals surface area contributed by atoms with Gasteiger partial charge in [0.2, 0.25) is 0 Å². The van der Waals surface area contributed by atoms with Crippen molar-refractivity contribution in [1.82, 2.24) is 25.2 Å². The molecule has 2 aromatic heterocycles. The van der Waals surface area contributed by atoms with Gasteiger partial charge in [0, 0.05) is 55.8 Å². The number of phenols is 1. The van der Waals surface area contributed by atoms with Crippen LogP contribution in [0.4, 0.5) is 14.6 Å². The molecule has 43 heavy (non-hydrogen) atoms. The Morgan fingerprint density at radius 1 is 1.14 bits per heavy atom. The number of rotatable bonds is 5. The Kier molecular flexibility index (Phi) is 6.62. The fourth-order valence-electron chi connectivity index (χ4n) is 7.44. The van der Waals surface area contributed by atoms with Gasteiger partial charge in [-0.3, -0.25) is 9.88 Å². The number of anilines is 1. The van der Waals surface area contributed by atoms with E-state index in [9.17, 15) is 9.50 Å². The van der Waals surface area contributed by atoms with Gasteiger partial charge in [-0.05, 0) is 57.2 Å². The lowest BCUT2D eigenvalue weighted by atomic mass is 9.95. The minimum Gasteiger partial charge on any atom is -0.508 e. The predicted octanol–water partition coefficient (Wildman–Crippen LogP) is 4.85. The molecule has 1 aliphatic carbocycles. The first-order valence-electron chi connectivity index (χ1n) is 15.3. The largest absolute Gasteiger partial charge is 0.508 e. The zero-order valence-corrected chi connectivity index (χ0v) is 24.5. The number of aromatic nitrogens is 3. The molecule has 0 spiro atoms. The van der Waals surface area contributed by atoms with E-state index in [2.05, 4.69) is 36.9 Å². The summed E-state index contributed by atoms with van der Waals surface area (Å²) in [5, 5.41) is 14.7. The Bertz CT molecular complexity index is 1660. The van der Waals surface area contributed by atoms with Crippen LogP contribution < -0.4 is 15.0 Å². The van der Waals surface area contributed by atoms with E-state index in [-0.39, 0.29) is 40.1 Å².